The zero-order valence-corrected chi connectivity index (χ0v) is 12.5. The lowest BCUT2D eigenvalue weighted by Gasteiger charge is -2.17. The topological polar surface area (TPSA) is 68.5 Å². The van der Waals surface area contributed by atoms with Crippen LogP contribution in [0.15, 0.2) is 23.6 Å². The summed E-state index contributed by atoms with van der Waals surface area (Å²) in [7, 11) is 3.29. The van der Waals surface area contributed by atoms with Gasteiger partial charge in [-0.2, -0.15) is 0 Å². The average molecular weight is 291 g/mol. The Labute approximate surface area is 122 Å². The van der Waals surface area contributed by atoms with Gasteiger partial charge in [-0.25, -0.2) is 4.98 Å². The molecule has 5 nitrogen and oxygen atoms in total. The first-order valence-corrected chi connectivity index (χ1v) is 6.99. The van der Waals surface area contributed by atoms with E-state index in [4.69, 9.17) is 10.5 Å². The van der Waals surface area contributed by atoms with Crippen LogP contribution in [0.3, 0.4) is 0 Å². The van der Waals surface area contributed by atoms with Gasteiger partial charge >= 0.3 is 0 Å². The largest absolute Gasteiger partial charge is 0.497 e. The van der Waals surface area contributed by atoms with Gasteiger partial charge in [-0.15, -0.1) is 11.3 Å². The number of hydrogen-bond acceptors (Lipinski definition) is 5. The molecule has 0 fully saturated rings. The summed E-state index contributed by atoms with van der Waals surface area (Å²) in [5.74, 6) is 0.465. The molecule has 0 aliphatic carbocycles. The maximum atomic E-state index is 12.4. The molecule has 2 rings (SSSR count). The number of carbonyl (C=O) groups excluding carboxylic acids is 1. The van der Waals surface area contributed by atoms with Crippen molar-refractivity contribution in [1.29, 1.82) is 0 Å². The Morgan fingerprint density at radius 3 is 2.85 bits per heavy atom. The maximum absolute atomic E-state index is 12.4. The second-order valence-corrected chi connectivity index (χ2v) is 5.53. The first kappa shape index (κ1) is 14.3. The van der Waals surface area contributed by atoms with Gasteiger partial charge in [0.05, 0.1) is 29.9 Å². The molecule has 0 saturated carbocycles. The number of aromatic nitrogens is 1. The number of benzene rings is 1. The summed E-state index contributed by atoms with van der Waals surface area (Å²) in [5, 5.41) is 2.94. The lowest BCUT2D eigenvalue weighted by molar-refractivity contribution is 0.0784. The fraction of sp³-hybridized carbons (Fsp3) is 0.286. The second kappa shape index (κ2) is 5.92. The van der Waals surface area contributed by atoms with Crippen LogP contribution in [0.1, 0.15) is 21.1 Å². The van der Waals surface area contributed by atoms with E-state index >= 15 is 0 Å². The van der Waals surface area contributed by atoms with Crippen LogP contribution < -0.4 is 10.5 Å². The van der Waals surface area contributed by atoms with Gasteiger partial charge in [0, 0.05) is 18.1 Å². The second-order valence-electron chi connectivity index (χ2n) is 4.47. The normalized spacial score (nSPS) is 10.3. The van der Waals surface area contributed by atoms with Gasteiger partial charge in [-0.1, -0.05) is 0 Å². The SMILES string of the molecule is COc1ccc(N)c(C(=O)N(C)Cc2csc(C)n2)c1. The van der Waals surface area contributed by atoms with Crippen molar-refractivity contribution < 1.29 is 9.53 Å². The van der Waals surface area contributed by atoms with E-state index in [9.17, 15) is 4.79 Å². The Kier molecular flexibility index (Phi) is 4.24. The Balaban J connectivity index is 2.17. The molecule has 6 heteroatoms. The van der Waals surface area contributed by atoms with Crippen LogP contribution in [0.25, 0.3) is 0 Å². The van der Waals surface area contributed by atoms with Gasteiger partial charge in [0.1, 0.15) is 5.75 Å². The van der Waals surface area contributed by atoms with Crippen molar-refractivity contribution in [3.05, 3.63) is 39.8 Å². The summed E-state index contributed by atoms with van der Waals surface area (Å²) in [6, 6.07) is 5.06. The van der Waals surface area contributed by atoms with Crippen LogP contribution in [0.4, 0.5) is 5.69 Å². The van der Waals surface area contributed by atoms with E-state index in [1.54, 1.807) is 48.6 Å². The molecule has 0 spiro atoms. The van der Waals surface area contributed by atoms with Gasteiger partial charge in [0.25, 0.3) is 5.91 Å². The number of nitrogens with zero attached hydrogens (tertiary/aromatic N) is 2. The van der Waals surface area contributed by atoms with Crippen LogP contribution in [-0.2, 0) is 6.54 Å². The minimum atomic E-state index is -0.146. The third-order valence-electron chi connectivity index (χ3n) is 2.90. The highest BCUT2D eigenvalue weighted by molar-refractivity contribution is 7.09. The monoisotopic (exact) mass is 291 g/mol. The third kappa shape index (κ3) is 3.08. The summed E-state index contributed by atoms with van der Waals surface area (Å²) >= 11 is 1.57. The number of amides is 1. The molecule has 2 aromatic rings. The summed E-state index contributed by atoms with van der Waals surface area (Å²) in [6.45, 7) is 2.40. The molecule has 0 aliphatic heterocycles. The number of anilines is 1. The minimum Gasteiger partial charge on any atom is -0.497 e. The average Bonchev–Trinajstić information content (AvgIpc) is 2.84. The molecule has 1 heterocycles. The number of hydrogen-bond donors (Lipinski definition) is 1. The molecule has 1 aromatic carbocycles. The fourth-order valence-corrected chi connectivity index (χ4v) is 2.45. The lowest BCUT2D eigenvalue weighted by atomic mass is 10.1. The Morgan fingerprint density at radius 1 is 1.50 bits per heavy atom. The fourth-order valence-electron chi connectivity index (χ4n) is 1.85. The molecule has 1 aromatic heterocycles. The molecule has 0 saturated heterocycles. The molecule has 0 radical (unpaired) electrons. The van der Waals surface area contributed by atoms with E-state index < -0.39 is 0 Å². The Hall–Kier alpha value is -2.08. The smallest absolute Gasteiger partial charge is 0.256 e. The van der Waals surface area contributed by atoms with E-state index in [0.29, 0.717) is 23.5 Å². The molecular weight excluding hydrogens is 274 g/mol. The highest BCUT2D eigenvalue weighted by Crippen LogP contribution is 2.21. The summed E-state index contributed by atoms with van der Waals surface area (Å²) < 4.78 is 5.12. The van der Waals surface area contributed by atoms with Crippen LogP contribution in [0.5, 0.6) is 5.75 Å². The first-order valence-electron chi connectivity index (χ1n) is 6.11. The molecule has 20 heavy (non-hydrogen) atoms. The standard InChI is InChI=1S/C14H17N3O2S/c1-9-16-10(8-20-9)7-17(2)14(18)12-6-11(19-3)4-5-13(12)15/h4-6,8H,7,15H2,1-3H3. The Morgan fingerprint density at radius 2 is 2.25 bits per heavy atom. The first-order chi connectivity index (χ1) is 9.51. The molecule has 0 aliphatic rings. The lowest BCUT2D eigenvalue weighted by Crippen LogP contribution is -2.27. The van der Waals surface area contributed by atoms with Crippen molar-refractivity contribution in [2.75, 3.05) is 19.9 Å². The molecule has 0 unspecified atom stereocenters. The van der Waals surface area contributed by atoms with Gasteiger partial charge in [0.15, 0.2) is 0 Å². The van der Waals surface area contributed by atoms with Crippen molar-refractivity contribution in [1.82, 2.24) is 9.88 Å². The number of methoxy groups -OCH3 is 1. The van der Waals surface area contributed by atoms with Gasteiger partial charge < -0.3 is 15.4 Å². The summed E-state index contributed by atoms with van der Waals surface area (Å²) in [5.41, 5.74) is 7.63. The van der Waals surface area contributed by atoms with E-state index in [1.807, 2.05) is 12.3 Å². The molecule has 106 valence electrons. The minimum absolute atomic E-state index is 0.146. The molecule has 2 N–H and O–H groups in total. The van der Waals surface area contributed by atoms with E-state index in [2.05, 4.69) is 4.98 Å². The number of thiazole rings is 1. The van der Waals surface area contributed by atoms with Gasteiger partial charge in [-0.3, -0.25) is 4.79 Å². The number of ether oxygens (including phenoxy) is 1. The predicted molar refractivity (Wildman–Crippen MR) is 80.1 cm³/mol. The summed E-state index contributed by atoms with van der Waals surface area (Å²) in [4.78, 5) is 18.4. The predicted octanol–water partition coefficient (Wildman–Crippen LogP) is 2.31. The maximum Gasteiger partial charge on any atom is 0.256 e. The molecule has 0 atom stereocenters. The zero-order chi connectivity index (χ0) is 14.7. The van der Waals surface area contributed by atoms with E-state index in [1.165, 1.54) is 0 Å². The molecule has 1 amide bonds. The highest BCUT2D eigenvalue weighted by atomic mass is 32.1. The number of rotatable bonds is 4. The summed E-state index contributed by atoms with van der Waals surface area (Å²) in [6.07, 6.45) is 0. The Bertz CT molecular complexity index is 625. The van der Waals surface area contributed by atoms with E-state index in [-0.39, 0.29) is 5.91 Å². The number of aryl methyl sites for hydroxylation is 1. The third-order valence-corrected chi connectivity index (χ3v) is 3.73. The zero-order valence-electron chi connectivity index (χ0n) is 11.7. The number of nitrogen functional groups attached to an aromatic ring is 1. The number of nitrogens with two attached hydrogens (primary N) is 1. The number of carbonyl (C=O) groups is 1. The highest BCUT2D eigenvalue weighted by Gasteiger charge is 2.16. The van der Waals surface area contributed by atoms with Crippen molar-refractivity contribution in [3.63, 3.8) is 0 Å². The van der Waals surface area contributed by atoms with Crippen LogP contribution >= 0.6 is 11.3 Å². The van der Waals surface area contributed by atoms with Crippen LogP contribution in [0, 0.1) is 6.92 Å². The molecule has 0 bridgehead atoms. The van der Waals surface area contributed by atoms with Crippen molar-refractivity contribution in [2.45, 2.75) is 13.5 Å². The van der Waals surface area contributed by atoms with Crippen LogP contribution in [-0.4, -0.2) is 29.9 Å². The van der Waals surface area contributed by atoms with Crippen molar-refractivity contribution in [3.8, 4) is 5.75 Å². The van der Waals surface area contributed by atoms with Crippen molar-refractivity contribution >= 4 is 22.9 Å². The van der Waals surface area contributed by atoms with Gasteiger partial charge in [-0.05, 0) is 25.1 Å². The van der Waals surface area contributed by atoms with Gasteiger partial charge in [0.2, 0.25) is 0 Å². The van der Waals surface area contributed by atoms with E-state index in [0.717, 1.165) is 10.7 Å². The van der Waals surface area contributed by atoms with Crippen LogP contribution in [0.2, 0.25) is 0 Å². The van der Waals surface area contributed by atoms with Crippen molar-refractivity contribution in [2.24, 2.45) is 0 Å². The quantitative estimate of drug-likeness (QED) is 0.878. The molecular formula is C14H17N3O2S.